The summed E-state index contributed by atoms with van der Waals surface area (Å²) < 4.78 is 2.17. The Balaban J connectivity index is 2.40. The maximum absolute atomic E-state index is 4.34. The summed E-state index contributed by atoms with van der Waals surface area (Å²) >= 11 is 0. The van der Waals surface area contributed by atoms with Crippen molar-refractivity contribution < 1.29 is 0 Å². The number of aromatic nitrogens is 3. The Hall–Kier alpha value is -0.900. The molecule has 0 aromatic carbocycles. The summed E-state index contributed by atoms with van der Waals surface area (Å²) in [5.41, 5.74) is 0.187. The minimum atomic E-state index is 0.187. The van der Waals surface area contributed by atoms with Crippen molar-refractivity contribution in [1.82, 2.24) is 20.1 Å². The largest absolute Gasteiger partial charge is 0.317 e. The monoisotopic (exact) mass is 208 g/mol. The highest BCUT2D eigenvalue weighted by molar-refractivity contribution is 5.14. The molecule has 4 nitrogen and oxygen atoms in total. The standard InChI is InChI=1S/C11H20N4/c1-4-15-8-13-14-10(15)11(9(2)3)5-6-12-7-11/h8-9,12H,4-7H2,1-3H3. The molecule has 1 aromatic heterocycles. The molecular weight excluding hydrogens is 188 g/mol. The molecule has 4 heteroatoms. The van der Waals surface area contributed by atoms with Crippen molar-refractivity contribution in [2.24, 2.45) is 5.92 Å². The highest BCUT2D eigenvalue weighted by atomic mass is 15.3. The summed E-state index contributed by atoms with van der Waals surface area (Å²) in [6.07, 6.45) is 3.02. The Labute approximate surface area is 91.1 Å². The van der Waals surface area contributed by atoms with Crippen LogP contribution in [0.15, 0.2) is 6.33 Å². The van der Waals surface area contributed by atoms with Crippen LogP contribution in [-0.4, -0.2) is 27.9 Å². The van der Waals surface area contributed by atoms with Gasteiger partial charge in [-0.15, -0.1) is 10.2 Å². The maximum Gasteiger partial charge on any atom is 0.140 e. The summed E-state index contributed by atoms with van der Waals surface area (Å²) in [6.45, 7) is 9.78. The predicted octanol–water partition coefficient (Wildman–Crippen LogP) is 1.19. The molecule has 1 N–H and O–H groups in total. The average Bonchev–Trinajstić information content (AvgIpc) is 2.86. The zero-order valence-electron chi connectivity index (χ0n) is 9.82. The summed E-state index contributed by atoms with van der Waals surface area (Å²) in [4.78, 5) is 0. The SMILES string of the molecule is CCn1cnnc1C1(C(C)C)CCNC1. The van der Waals surface area contributed by atoms with Crippen LogP contribution >= 0.6 is 0 Å². The van der Waals surface area contributed by atoms with Gasteiger partial charge >= 0.3 is 0 Å². The van der Waals surface area contributed by atoms with Gasteiger partial charge in [0.1, 0.15) is 12.2 Å². The van der Waals surface area contributed by atoms with Gasteiger partial charge in [0, 0.05) is 18.5 Å². The van der Waals surface area contributed by atoms with E-state index in [2.05, 4.69) is 40.9 Å². The molecule has 84 valence electrons. The molecule has 1 unspecified atom stereocenters. The van der Waals surface area contributed by atoms with E-state index in [1.54, 1.807) is 0 Å². The van der Waals surface area contributed by atoms with Crippen LogP contribution in [0, 0.1) is 5.92 Å². The van der Waals surface area contributed by atoms with E-state index in [9.17, 15) is 0 Å². The van der Waals surface area contributed by atoms with Gasteiger partial charge in [0.15, 0.2) is 0 Å². The third-order valence-electron chi connectivity index (χ3n) is 3.70. The summed E-state index contributed by atoms with van der Waals surface area (Å²) in [7, 11) is 0. The molecule has 1 fully saturated rings. The molecule has 1 saturated heterocycles. The van der Waals surface area contributed by atoms with Gasteiger partial charge in [-0.2, -0.15) is 0 Å². The van der Waals surface area contributed by atoms with Crippen LogP contribution in [0.5, 0.6) is 0 Å². The van der Waals surface area contributed by atoms with Crippen LogP contribution < -0.4 is 5.32 Å². The van der Waals surface area contributed by atoms with Crippen LogP contribution in [0.4, 0.5) is 0 Å². The fraction of sp³-hybridized carbons (Fsp3) is 0.818. The van der Waals surface area contributed by atoms with E-state index < -0.39 is 0 Å². The van der Waals surface area contributed by atoms with Gasteiger partial charge in [0.25, 0.3) is 0 Å². The molecule has 0 saturated carbocycles. The molecule has 1 aromatic rings. The number of aryl methyl sites for hydroxylation is 1. The zero-order chi connectivity index (χ0) is 10.9. The van der Waals surface area contributed by atoms with Gasteiger partial charge in [-0.1, -0.05) is 13.8 Å². The minimum Gasteiger partial charge on any atom is -0.317 e. The molecule has 15 heavy (non-hydrogen) atoms. The van der Waals surface area contributed by atoms with Crippen LogP contribution in [0.1, 0.15) is 33.0 Å². The molecule has 0 aliphatic carbocycles. The van der Waals surface area contributed by atoms with Crippen molar-refractivity contribution in [3.05, 3.63) is 12.2 Å². The van der Waals surface area contributed by atoms with Crippen LogP contribution in [-0.2, 0) is 12.0 Å². The normalized spacial score (nSPS) is 26.4. The van der Waals surface area contributed by atoms with Gasteiger partial charge in [-0.25, -0.2) is 0 Å². The highest BCUT2D eigenvalue weighted by Crippen LogP contribution is 2.36. The van der Waals surface area contributed by atoms with Gasteiger partial charge < -0.3 is 9.88 Å². The topological polar surface area (TPSA) is 42.7 Å². The Bertz CT molecular complexity index is 323. The lowest BCUT2D eigenvalue weighted by Crippen LogP contribution is -2.37. The van der Waals surface area contributed by atoms with E-state index >= 15 is 0 Å². The lowest BCUT2D eigenvalue weighted by molar-refractivity contribution is 0.306. The smallest absolute Gasteiger partial charge is 0.140 e. The molecule has 1 aliphatic rings. The number of nitrogens with one attached hydrogen (secondary N) is 1. The Kier molecular flexibility index (Phi) is 2.78. The lowest BCUT2D eigenvalue weighted by atomic mass is 9.75. The van der Waals surface area contributed by atoms with Crippen molar-refractivity contribution in [1.29, 1.82) is 0 Å². The molecule has 2 heterocycles. The summed E-state index contributed by atoms with van der Waals surface area (Å²) in [6, 6.07) is 0. The van der Waals surface area contributed by atoms with Gasteiger partial charge in [0.05, 0.1) is 0 Å². The second kappa shape index (κ2) is 3.93. The Morgan fingerprint density at radius 2 is 2.40 bits per heavy atom. The van der Waals surface area contributed by atoms with Crippen LogP contribution in [0.2, 0.25) is 0 Å². The molecular formula is C11H20N4. The molecule has 2 rings (SSSR count). The van der Waals surface area contributed by atoms with Crippen LogP contribution in [0.25, 0.3) is 0 Å². The van der Waals surface area contributed by atoms with Gasteiger partial charge in [-0.3, -0.25) is 0 Å². The second-order valence-corrected chi connectivity index (χ2v) is 4.68. The third kappa shape index (κ3) is 1.57. The van der Waals surface area contributed by atoms with E-state index in [-0.39, 0.29) is 5.41 Å². The fourth-order valence-corrected chi connectivity index (χ4v) is 2.53. The quantitative estimate of drug-likeness (QED) is 0.811. The van der Waals surface area contributed by atoms with E-state index in [0.717, 1.165) is 25.5 Å². The first-order chi connectivity index (χ1) is 7.20. The van der Waals surface area contributed by atoms with Gasteiger partial charge in [-0.05, 0) is 25.8 Å². The van der Waals surface area contributed by atoms with Crippen molar-refractivity contribution in [3.63, 3.8) is 0 Å². The molecule has 0 bridgehead atoms. The maximum atomic E-state index is 4.34. The summed E-state index contributed by atoms with van der Waals surface area (Å²) in [5, 5.41) is 11.8. The predicted molar refractivity (Wildman–Crippen MR) is 59.7 cm³/mol. The lowest BCUT2D eigenvalue weighted by Gasteiger charge is -2.31. The third-order valence-corrected chi connectivity index (χ3v) is 3.70. The average molecular weight is 208 g/mol. The molecule has 1 aliphatic heterocycles. The first kappa shape index (κ1) is 10.6. The van der Waals surface area contributed by atoms with Crippen LogP contribution in [0.3, 0.4) is 0 Å². The Morgan fingerprint density at radius 3 is 2.93 bits per heavy atom. The highest BCUT2D eigenvalue weighted by Gasteiger charge is 2.42. The number of hydrogen-bond acceptors (Lipinski definition) is 3. The Morgan fingerprint density at radius 1 is 1.60 bits per heavy atom. The van der Waals surface area contributed by atoms with E-state index in [1.807, 2.05) is 6.33 Å². The first-order valence-electron chi connectivity index (χ1n) is 5.79. The first-order valence-corrected chi connectivity index (χ1v) is 5.79. The minimum absolute atomic E-state index is 0.187. The van der Waals surface area contributed by atoms with E-state index in [0.29, 0.717) is 5.92 Å². The second-order valence-electron chi connectivity index (χ2n) is 4.68. The number of rotatable bonds is 3. The fourth-order valence-electron chi connectivity index (χ4n) is 2.53. The number of nitrogens with zero attached hydrogens (tertiary/aromatic N) is 3. The number of hydrogen-bond donors (Lipinski definition) is 1. The van der Waals surface area contributed by atoms with Crippen molar-refractivity contribution in [2.75, 3.05) is 13.1 Å². The molecule has 1 atom stereocenters. The summed E-state index contributed by atoms with van der Waals surface area (Å²) in [5.74, 6) is 1.76. The van der Waals surface area contributed by atoms with Crippen molar-refractivity contribution >= 4 is 0 Å². The van der Waals surface area contributed by atoms with E-state index in [1.165, 1.54) is 6.42 Å². The molecule has 0 radical (unpaired) electrons. The van der Waals surface area contributed by atoms with E-state index in [4.69, 9.17) is 0 Å². The van der Waals surface area contributed by atoms with Crippen molar-refractivity contribution in [3.8, 4) is 0 Å². The van der Waals surface area contributed by atoms with Crippen molar-refractivity contribution in [2.45, 2.75) is 39.2 Å². The molecule has 0 amide bonds. The molecule has 0 spiro atoms. The van der Waals surface area contributed by atoms with Gasteiger partial charge in [0.2, 0.25) is 0 Å². The zero-order valence-corrected chi connectivity index (χ0v) is 9.82.